The number of anilines is 1. The second kappa shape index (κ2) is 9.57. The molecule has 0 unspecified atom stereocenters. The second-order valence-electron chi connectivity index (χ2n) is 8.46. The van der Waals surface area contributed by atoms with E-state index in [4.69, 9.17) is 28.2 Å². The third-order valence-electron chi connectivity index (χ3n) is 5.81. The van der Waals surface area contributed by atoms with Gasteiger partial charge in [-0.3, -0.25) is 4.98 Å². The number of benzene rings is 2. The van der Waals surface area contributed by atoms with Crippen molar-refractivity contribution in [2.24, 2.45) is 0 Å². The Balaban J connectivity index is 1.73. The highest BCUT2D eigenvalue weighted by molar-refractivity contribution is 6.31. The molecule has 0 amide bonds. The first-order valence-corrected chi connectivity index (χ1v) is 12.0. The van der Waals surface area contributed by atoms with E-state index in [9.17, 15) is 13.6 Å². The van der Waals surface area contributed by atoms with Crippen LogP contribution < -0.4 is 11.0 Å². The van der Waals surface area contributed by atoms with Gasteiger partial charge in [-0.15, -0.1) is 5.10 Å². The lowest BCUT2D eigenvalue weighted by Gasteiger charge is -2.13. The molecular formula is C26H20Cl2F2N6O. The van der Waals surface area contributed by atoms with Crippen LogP contribution >= 0.6 is 23.2 Å². The minimum Gasteiger partial charge on any atom is -0.358 e. The fourth-order valence-corrected chi connectivity index (χ4v) is 4.25. The molecule has 0 spiro atoms. The van der Waals surface area contributed by atoms with Crippen molar-refractivity contribution in [2.75, 3.05) is 12.4 Å². The minimum absolute atomic E-state index is 0.0303. The van der Waals surface area contributed by atoms with Crippen LogP contribution in [0, 0.1) is 0 Å². The lowest BCUT2D eigenvalue weighted by Crippen LogP contribution is -2.23. The Labute approximate surface area is 220 Å². The Bertz CT molecular complexity index is 1640. The Morgan fingerprint density at radius 3 is 2.11 bits per heavy atom. The van der Waals surface area contributed by atoms with Gasteiger partial charge in [-0.2, -0.15) is 8.78 Å². The van der Waals surface area contributed by atoms with Gasteiger partial charge in [0, 0.05) is 35.8 Å². The standard InChI is InChI=1S/C26H20Cl2F2N6O/c1-26(29,30)20-12-3-15(13-32-20)14-35-25(37)36-23(34-35)21(16-4-8-18(27)9-5-16)22(33-24(36)31-2)17-6-10-19(28)11-7-17/h3-13H,14H2,1-2H3,(H,31,33). The summed E-state index contributed by atoms with van der Waals surface area (Å²) in [7, 11) is 1.66. The molecule has 5 aromatic rings. The van der Waals surface area contributed by atoms with Crippen LogP contribution in [-0.4, -0.2) is 31.2 Å². The maximum absolute atomic E-state index is 13.6. The Morgan fingerprint density at radius 2 is 1.57 bits per heavy atom. The van der Waals surface area contributed by atoms with E-state index in [-0.39, 0.29) is 18.2 Å². The number of hydrogen-bond acceptors (Lipinski definition) is 5. The van der Waals surface area contributed by atoms with Crippen molar-refractivity contribution >= 4 is 34.8 Å². The number of hydrogen-bond donors (Lipinski definition) is 1. The lowest BCUT2D eigenvalue weighted by molar-refractivity contribution is 0.0127. The molecule has 3 aromatic heterocycles. The molecule has 37 heavy (non-hydrogen) atoms. The molecular weight excluding hydrogens is 521 g/mol. The Hall–Kier alpha value is -3.82. The highest BCUT2D eigenvalue weighted by atomic mass is 35.5. The third-order valence-corrected chi connectivity index (χ3v) is 6.31. The van der Waals surface area contributed by atoms with Gasteiger partial charge in [0.15, 0.2) is 5.65 Å². The Morgan fingerprint density at radius 1 is 0.946 bits per heavy atom. The monoisotopic (exact) mass is 540 g/mol. The minimum atomic E-state index is -3.06. The van der Waals surface area contributed by atoms with Gasteiger partial charge in [0.25, 0.3) is 5.92 Å². The number of alkyl halides is 2. The summed E-state index contributed by atoms with van der Waals surface area (Å²) in [6, 6.07) is 17.1. The molecule has 0 atom stereocenters. The topological polar surface area (TPSA) is 77.1 Å². The smallest absolute Gasteiger partial charge is 0.353 e. The molecule has 0 saturated heterocycles. The number of aromatic nitrogens is 5. The molecule has 0 bridgehead atoms. The van der Waals surface area contributed by atoms with Crippen molar-refractivity contribution in [1.29, 1.82) is 0 Å². The summed E-state index contributed by atoms with van der Waals surface area (Å²) >= 11 is 12.2. The van der Waals surface area contributed by atoms with Crippen molar-refractivity contribution in [3.05, 3.63) is 98.6 Å². The quantitative estimate of drug-likeness (QED) is 0.280. The molecule has 5 rings (SSSR count). The third kappa shape index (κ3) is 4.80. The first kappa shape index (κ1) is 24.9. The SMILES string of the molecule is CNc1nc(-c2ccc(Cl)cc2)c(-c2ccc(Cl)cc2)c2nn(Cc3ccc(C(C)(F)F)nc3)c(=O)n12. The van der Waals surface area contributed by atoms with Crippen LogP contribution in [-0.2, 0) is 12.5 Å². The zero-order valence-electron chi connectivity index (χ0n) is 19.7. The van der Waals surface area contributed by atoms with Gasteiger partial charge in [0.1, 0.15) is 5.69 Å². The van der Waals surface area contributed by atoms with Crippen LogP contribution in [0.3, 0.4) is 0 Å². The summed E-state index contributed by atoms with van der Waals surface area (Å²) in [5.41, 5.74) is 2.84. The van der Waals surface area contributed by atoms with Gasteiger partial charge in [-0.05, 0) is 41.5 Å². The summed E-state index contributed by atoms with van der Waals surface area (Å²) in [6.45, 7) is 0.813. The average Bonchev–Trinajstić information content (AvgIpc) is 3.20. The van der Waals surface area contributed by atoms with Crippen molar-refractivity contribution in [2.45, 2.75) is 19.4 Å². The van der Waals surface area contributed by atoms with Gasteiger partial charge in [-0.25, -0.2) is 18.9 Å². The van der Waals surface area contributed by atoms with E-state index in [2.05, 4.69) is 15.4 Å². The maximum atomic E-state index is 13.6. The zero-order valence-corrected chi connectivity index (χ0v) is 21.2. The van der Waals surface area contributed by atoms with Crippen molar-refractivity contribution in [3.63, 3.8) is 0 Å². The summed E-state index contributed by atoms with van der Waals surface area (Å²) in [6.07, 6.45) is 1.32. The molecule has 7 nitrogen and oxygen atoms in total. The molecule has 3 heterocycles. The second-order valence-corrected chi connectivity index (χ2v) is 9.33. The largest absolute Gasteiger partial charge is 0.358 e. The first-order valence-electron chi connectivity index (χ1n) is 11.2. The predicted octanol–water partition coefficient (Wildman–Crippen LogP) is 6.13. The van der Waals surface area contributed by atoms with Crippen molar-refractivity contribution < 1.29 is 8.78 Å². The highest BCUT2D eigenvalue weighted by Crippen LogP contribution is 2.35. The van der Waals surface area contributed by atoms with E-state index in [0.29, 0.717) is 32.5 Å². The summed E-state index contributed by atoms with van der Waals surface area (Å²) in [4.78, 5) is 22.1. The van der Waals surface area contributed by atoms with Crippen LogP contribution in [0.4, 0.5) is 14.7 Å². The number of pyridine rings is 1. The van der Waals surface area contributed by atoms with Crippen LogP contribution in [0.2, 0.25) is 10.0 Å². The van der Waals surface area contributed by atoms with E-state index >= 15 is 0 Å². The van der Waals surface area contributed by atoms with Gasteiger partial charge in [0.2, 0.25) is 5.95 Å². The zero-order chi connectivity index (χ0) is 26.3. The van der Waals surface area contributed by atoms with E-state index in [1.54, 1.807) is 31.3 Å². The van der Waals surface area contributed by atoms with E-state index < -0.39 is 11.6 Å². The molecule has 1 N–H and O–H groups in total. The fraction of sp³-hybridized carbons (Fsp3) is 0.154. The van der Waals surface area contributed by atoms with Gasteiger partial charge < -0.3 is 5.32 Å². The predicted molar refractivity (Wildman–Crippen MR) is 141 cm³/mol. The molecule has 11 heteroatoms. The van der Waals surface area contributed by atoms with Crippen LogP contribution in [0.5, 0.6) is 0 Å². The number of nitrogens with one attached hydrogen (secondary N) is 1. The number of nitrogens with zero attached hydrogens (tertiary/aromatic N) is 5. The molecule has 2 aromatic carbocycles. The molecule has 0 saturated carbocycles. The van der Waals surface area contributed by atoms with Gasteiger partial charge >= 0.3 is 5.69 Å². The summed E-state index contributed by atoms with van der Waals surface area (Å²) in [5, 5.41) is 8.75. The molecule has 0 aliphatic heterocycles. The average molecular weight is 541 g/mol. The van der Waals surface area contributed by atoms with Gasteiger partial charge in [-0.1, -0.05) is 53.5 Å². The summed E-state index contributed by atoms with van der Waals surface area (Å²) < 4.78 is 29.8. The van der Waals surface area contributed by atoms with Crippen LogP contribution in [0.15, 0.2) is 71.7 Å². The van der Waals surface area contributed by atoms with E-state index in [1.165, 1.54) is 27.4 Å². The van der Waals surface area contributed by atoms with Crippen LogP contribution in [0.1, 0.15) is 18.2 Å². The molecule has 188 valence electrons. The number of halogens is 4. The fourth-order valence-electron chi connectivity index (χ4n) is 4.00. The number of rotatable bonds is 6. The highest BCUT2D eigenvalue weighted by Gasteiger charge is 2.26. The first-order chi connectivity index (χ1) is 17.7. The Kier molecular flexibility index (Phi) is 6.43. The van der Waals surface area contributed by atoms with Crippen molar-refractivity contribution in [1.82, 2.24) is 24.1 Å². The summed E-state index contributed by atoms with van der Waals surface area (Å²) in [5.74, 6) is -2.77. The molecule has 0 fully saturated rings. The lowest BCUT2D eigenvalue weighted by atomic mass is 10.00. The maximum Gasteiger partial charge on any atom is 0.353 e. The van der Waals surface area contributed by atoms with E-state index in [0.717, 1.165) is 18.1 Å². The van der Waals surface area contributed by atoms with Gasteiger partial charge in [0.05, 0.1) is 17.8 Å². The van der Waals surface area contributed by atoms with E-state index in [1.807, 2.05) is 24.3 Å². The normalized spacial score (nSPS) is 11.7. The molecule has 0 aliphatic carbocycles. The van der Waals surface area contributed by atoms with Crippen molar-refractivity contribution in [3.8, 4) is 22.4 Å². The van der Waals surface area contributed by atoms with Crippen LogP contribution in [0.25, 0.3) is 28.0 Å². The molecule has 0 aliphatic rings. The number of fused-ring (bicyclic) bond motifs is 1. The molecule has 0 radical (unpaired) electrons.